The van der Waals surface area contributed by atoms with Gasteiger partial charge in [0.25, 0.3) is 0 Å². The minimum atomic E-state index is -1.37. The van der Waals surface area contributed by atoms with Gasteiger partial charge in [-0.15, -0.1) is 0 Å². The SMILES string of the molecule is C=CC(=O)OCC[N+](C)(C)CCCOC(=O)C(C#N)C#N. The molecule has 0 atom stereocenters. The molecule has 0 rings (SSSR count). The van der Waals surface area contributed by atoms with Crippen molar-refractivity contribution in [2.24, 2.45) is 5.92 Å². The first-order valence-electron chi connectivity index (χ1n) is 6.43. The molecule has 0 aliphatic heterocycles. The smallest absolute Gasteiger partial charge is 0.338 e. The van der Waals surface area contributed by atoms with Crippen molar-refractivity contribution in [1.82, 2.24) is 0 Å². The number of nitrogens with zero attached hydrogens (tertiary/aromatic N) is 3. The third kappa shape index (κ3) is 8.40. The number of likely N-dealkylation sites (N-methyl/N-ethyl adjacent to an activating group) is 1. The van der Waals surface area contributed by atoms with Gasteiger partial charge < -0.3 is 14.0 Å². The predicted molar refractivity (Wildman–Crippen MR) is 73.3 cm³/mol. The van der Waals surface area contributed by atoms with Gasteiger partial charge in [0.05, 0.1) is 39.4 Å². The number of carbonyl (C=O) groups excluding carboxylic acids is 2. The van der Waals surface area contributed by atoms with Crippen molar-refractivity contribution in [1.29, 1.82) is 10.5 Å². The monoisotopic (exact) mass is 294 g/mol. The van der Waals surface area contributed by atoms with E-state index in [-0.39, 0.29) is 13.2 Å². The molecule has 0 aliphatic rings. The molecule has 21 heavy (non-hydrogen) atoms. The summed E-state index contributed by atoms with van der Waals surface area (Å²) in [6, 6.07) is 3.11. The molecule has 0 heterocycles. The van der Waals surface area contributed by atoms with Gasteiger partial charge in [-0.1, -0.05) is 6.58 Å². The molecule has 0 aromatic rings. The highest BCUT2D eigenvalue weighted by Gasteiger charge is 2.19. The zero-order valence-electron chi connectivity index (χ0n) is 12.4. The molecule has 0 amide bonds. The highest BCUT2D eigenvalue weighted by atomic mass is 16.5. The lowest BCUT2D eigenvalue weighted by atomic mass is 10.2. The van der Waals surface area contributed by atoms with Crippen molar-refractivity contribution < 1.29 is 23.5 Å². The maximum Gasteiger partial charge on any atom is 0.338 e. The van der Waals surface area contributed by atoms with Gasteiger partial charge in [0.1, 0.15) is 13.2 Å². The van der Waals surface area contributed by atoms with Gasteiger partial charge in [0, 0.05) is 12.5 Å². The van der Waals surface area contributed by atoms with Crippen LogP contribution in [0.5, 0.6) is 0 Å². The lowest BCUT2D eigenvalue weighted by Crippen LogP contribution is -2.43. The van der Waals surface area contributed by atoms with Crippen molar-refractivity contribution >= 4 is 11.9 Å². The fourth-order valence-corrected chi connectivity index (χ4v) is 1.45. The summed E-state index contributed by atoms with van der Waals surface area (Å²) < 4.78 is 10.3. The van der Waals surface area contributed by atoms with Crippen molar-refractivity contribution in [2.45, 2.75) is 6.42 Å². The zero-order chi connectivity index (χ0) is 16.3. The number of hydrogen-bond donors (Lipinski definition) is 0. The van der Waals surface area contributed by atoms with Gasteiger partial charge >= 0.3 is 11.9 Å². The molecule has 0 saturated carbocycles. The van der Waals surface area contributed by atoms with E-state index >= 15 is 0 Å². The second-order valence-electron chi connectivity index (χ2n) is 4.97. The fourth-order valence-electron chi connectivity index (χ4n) is 1.45. The summed E-state index contributed by atoms with van der Waals surface area (Å²) in [4.78, 5) is 22.2. The predicted octanol–water partition coefficient (Wildman–Crippen LogP) is 0.389. The van der Waals surface area contributed by atoms with Crippen LogP contribution in [0.25, 0.3) is 0 Å². The van der Waals surface area contributed by atoms with Crippen molar-refractivity contribution in [3.05, 3.63) is 12.7 Å². The van der Waals surface area contributed by atoms with Crippen LogP contribution in [-0.4, -0.2) is 56.8 Å². The van der Waals surface area contributed by atoms with Gasteiger partial charge in [-0.25, -0.2) is 9.59 Å². The van der Waals surface area contributed by atoms with E-state index < -0.39 is 17.9 Å². The summed E-state index contributed by atoms with van der Waals surface area (Å²) in [6.07, 6.45) is 1.69. The van der Waals surface area contributed by atoms with E-state index in [9.17, 15) is 9.59 Å². The highest BCUT2D eigenvalue weighted by molar-refractivity contribution is 5.81. The van der Waals surface area contributed by atoms with Crippen LogP contribution in [0, 0.1) is 28.6 Å². The number of nitriles is 2. The molecule has 0 fully saturated rings. The van der Waals surface area contributed by atoms with Crippen LogP contribution in [0.15, 0.2) is 12.7 Å². The molecule has 0 N–H and O–H groups in total. The average Bonchev–Trinajstić information content (AvgIpc) is 2.44. The second-order valence-corrected chi connectivity index (χ2v) is 4.97. The van der Waals surface area contributed by atoms with Crippen LogP contribution in [0.2, 0.25) is 0 Å². The molecule has 7 heteroatoms. The first-order valence-corrected chi connectivity index (χ1v) is 6.43. The van der Waals surface area contributed by atoms with E-state index in [2.05, 4.69) is 6.58 Å². The molecule has 0 bridgehead atoms. The van der Waals surface area contributed by atoms with E-state index in [1.807, 2.05) is 14.1 Å². The summed E-state index contributed by atoms with van der Waals surface area (Å²) in [7, 11) is 3.91. The number of quaternary nitrogens is 1. The Balaban J connectivity index is 3.92. The summed E-state index contributed by atoms with van der Waals surface area (Å²) >= 11 is 0. The molecule has 0 unspecified atom stereocenters. The van der Waals surface area contributed by atoms with Crippen molar-refractivity contribution in [2.75, 3.05) is 40.4 Å². The number of carbonyl (C=O) groups is 2. The maximum atomic E-state index is 11.3. The number of ether oxygens (including phenoxy) is 2. The van der Waals surface area contributed by atoms with Crippen LogP contribution in [0.1, 0.15) is 6.42 Å². The van der Waals surface area contributed by atoms with Gasteiger partial charge in [0.2, 0.25) is 5.92 Å². The Hall–Kier alpha value is -2.38. The topological polar surface area (TPSA) is 100 Å². The normalized spacial score (nSPS) is 10.3. The molecule has 0 radical (unpaired) electrons. The Labute approximate surface area is 124 Å². The fraction of sp³-hybridized carbons (Fsp3) is 0.571. The summed E-state index contributed by atoms with van der Waals surface area (Å²) in [6.45, 7) is 5.05. The van der Waals surface area contributed by atoms with Crippen LogP contribution < -0.4 is 0 Å². The van der Waals surface area contributed by atoms with Crippen LogP contribution in [0.3, 0.4) is 0 Å². The number of esters is 2. The Bertz CT molecular complexity index is 446. The summed E-state index contributed by atoms with van der Waals surface area (Å²) in [5.41, 5.74) is 0. The van der Waals surface area contributed by atoms with Crippen LogP contribution >= 0.6 is 0 Å². The van der Waals surface area contributed by atoms with Gasteiger partial charge in [-0.3, -0.25) is 0 Å². The van der Waals surface area contributed by atoms with Gasteiger partial charge in [-0.05, 0) is 0 Å². The van der Waals surface area contributed by atoms with Crippen molar-refractivity contribution in [3.8, 4) is 12.1 Å². The van der Waals surface area contributed by atoms with E-state index in [1.54, 1.807) is 12.1 Å². The van der Waals surface area contributed by atoms with E-state index in [4.69, 9.17) is 20.0 Å². The first kappa shape index (κ1) is 18.6. The number of hydrogen-bond acceptors (Lipinski definition) is 6. The Morgan fingerprint density at radius 1 is 1.19 bits per heavy atom. The molecule has 7 nitrogen and oxygen atoms in total. The third-order valence-corrected chi connectivity index (χ3v) is 2.75. The molecule has 0 saturated heterocycles. The standard InChI is InChI=1S/C14H20N3O4/c1-4-13(18)20-9-7-17(2,3)6-5-8-21-14(19)12(10-15)11-16/h4,12H,1,5-9H2,2-3H3/q+1. The van der Waals surface area contributed by atoms with Crippen molar-refractivity contribution in [3.63, 3.8) is 0 Å². The minimum Gasteiger partial charge on any atom is -0.464 e. The molecule has 0 aromatic carbocycles. The average molecular weight is 294 g/mol. The highest BCUT2D eigenvalue weighted by Crippen LogP contribution is 2.02. The molecular weight excluding hydrogens is 274 g/mol. The molecule has 0 spiro atoms. The van der Waals surface area contributed by atoms with Crippen LogP contribution in [0.4, 0.5) is 0 Å². The number of rotatable bonds is 9. The Morgan fingerprint density at radius 3 is 2.33 bits per heavy atom. The largest absolute Gasteiger partial charge is 0.464 e. The zero-order valence-corrected chi connectivity index (χ0v) is 12.4. The molecule has 0 aliphatic carbocycles. The Morgan fingerprint density at radius 2 is 1.81 bits per heavy atom. The third-order valence-electron chi connectivity index (χ3n) is 2.75. The van der Waals surface area contributed by atoms with E-state index in [1.165, 1.54) is 0 Å². The van der Waals surface area contributed by atoms with E-state index in [0.29, 0.717) is 24.0 Å². The first-order chi connectivity index (χ1) is 9.86. The van der Waals surface area contributed by atoms with Crippen LogP contribution in [-0.2, 0) is 19.1 Å². The van der Waals surface area contributed by atoms with Gasteiger partial charge in [-0.2, -0.15) is 10.5 Å². The maximum absolute atomic E-state index is 11.3. The molecule has 0 aromatic heterocycles. The van der Waals surface area contributed by atoms with E-state index in [0.717, 1.165) is 6.08 Å². The quantitative estimate of drug-likeness (QED) is 0.264. The molecular formula is C14H20N3O4+. The minimum absolute atomic E-state index is 0.146. The Kier molecular flexibility index (Phi) is 8.43. The van der Waals surface area contributed by atoms with Gasteiger partial charge in [0.15, 0.2) is 0 Å². The lowest BCUT2D eigenvalue weighted by molar-refractivity contribution is -0.890. The molecule has 114 valence electrons. The second kappa shape index (κ2) is 9.51. The summed E-state index contributed by atoms with van der Waals surface area (Å²) in [5, 5.41) is 17.0. The summed E-state index contributed by atoms with van der Waals surface area (Å²) in [5.74, 6) is -2.64. The lowest BCUT2D eigenvalue weighted by Gasteiger charge is -2.29.